The van der Waals surface area contributed by atoms with Crippen molar-refractivity contribution in [1.29, 1.82) is 0 Å². The highest BCUT2D eigenvalue weighted by molar-refractivity contribution is 9.10. The van der Waals surface area contributed by atoms with Crippen molar-refractivity contribution in [2.75, 3.05) is 6.61 Å². The van der Waals surface area contributed by atoms with Crippen LogP contribution in [-0.2, 0) is 16.1 Å². The van der Waals surface area contributed by atoms with E-state index < -0.39 is 17.7 Å². The molecule has 1 heterocycles. The molecule has 0 spiro atoms. The number of rotatable bonds is 4. The van der Waals surface area contributed by atoms with E-state index in [1.165, 1.54) is 10.6 Å². The van der Waals surface area contributed by atoms with Crippen molar-refractivity contribution in [3.05, 3.63) is 63.1 Å². The first-order valence-electron chi connectivity index (χ1n) is 7.77. The third-order valence-electron chi connectivity index (χ3n) is 3.53. The van der Waals surface area contributed by atoms with Crippen LogP contribution in [0.2, 0.25) is 0 Å². The summed E-state index contributed by atoms with van der Waals surface area (Å²) in [7, 11) is 0. The van der Waals surface area contributed by atoms with Crippen LogP contribution in [0, 0.1) is 5.82 Å². The van der Waals surface area contributed by atoms with Gasteiger partial charge in [0.15, 0.2) is 4.80 Å². The first kappa shape index (κ1) is 18.5. The first-order valence-corrected chi connectivity index (χ1v) is 9.38. The standard InChI is InChI=1S/C18H14BrFN2O3S/c1-2-25-15(23)10-22-16-13(20)4-3-5-14(16)26-18(22)21-17(24)11-6-8-12(19)9-7-11/h3-9H,2,10H2,1H3. The van der Waals surface area contributed by atoms with Gasteiger partial charge in [-0.25, -0.2) is 4.39 Å². The van der Waals surface area contributed by atoms with Crippen LogP contribution in [0.25, 0.3) is 10.2 Å². The molecule has 5 nitrogen and oxygen atoms in total. The molecule has 1 amide bonds. The second-order valence-electron chi connectivity index (χ2n) is 5.29. The molecule has 3 aromatic rings. The van der Waals surface area contributed by atoms with Crippen molar-refractivity contribution in [3.63, 3.8) is 0 Å². The molecule has 8 heteroatoms. The van der Waals surface area contributed by atoms with Gasteiger partial charge in [0.25, 0.3) is 5.91 Å². The molecule has 0 aliphatic carbocycles. The van der Waals surface area contributed by atoms with Crippen molar-refractivity contribution in [2.24, 2.45) is 4.99 Å². The highest BCUT2D eigenvalue weighted by Gasteiger charge is 2.15. The number of halogens is 2. The highest BCUT2D eigenvalue weighted by atomic mass is 79.9. The summed E-state index contributed by atoms with van der Waals surface area (Å²) in [5, 5.41) is 0. The van der Waals surface area contributed by atoms with Gasteiger partial charge >= 0.3 is 5.97 Å². The van der Waals surface area contributed by atoms with Crippen molar-refractivity contribution in [3.8, 4) is 0 Å². The number of esters is 1. The van der Waals surface area contributed by atoms with Crippen molar-refractivity contribution >= 4 is 49.4 Å². The minimum absolute atomic E-state index is 0.217. The zero-order valence-corrected chi connectivity index (χ0v) is 16.1. The number of para-hydroxylation sites is 1. The quantitative estimate of drug-likeness (QED) is 0.582. The highest BCUT2D eigenvalue weighted by Crippen LogP contribution is 2.20. The Hall–Kier alpha value is -2.32. The van der Waals surface area contributed by atoms with Crippen molar-refractivity contribution in [2.45, 2.75) is 13.5 Å². The van der Waals surface area contributed by atoms with Crippen LogP contribution in [0.4, 0.5) is 4.39 Å². The Morgan fingerprint density at radius 1 is 1.23 bits per heavy atom. The fourth-order valence-corrected chi connectivity index (χ4v) is 3.71. The molecule has 1 aromatic heterocycles. The lowest BCUT2D eigenvalue weighted by molar-refractivity contribution is -0.143. The fraction of sp³-hybridized carbons (Fsp3) is 0.167. The topological polar surface area (TPSA) is 60.7 Å². The fourth-order valence-electron chi connectivity index (χ4n) is 2.40. The Morgan fingerprint density at radius 2 is 1.96 bits per heavy atom. The summed E-state index contributed by atoms with van der Waals surface area (Å²) in [5.74, 6) is -1.48. The van der Waals surface area contributed by atoms with E-state index in [1.807, 2.05) is 0 Å². The van der Waals surface area contributed by atoms with Crippen LogP contribution in [0.3, 0.4) is 0 Å². The Balaban J connectivity index is 2.12. The number of ether oxygens (including phenoxy) is 1. The second-order valence-corrected chi connectivity index (χ2v) is 7.21. The van der Waals surface area contributed by atoms with Crippen molar-refractivity contribution in [1.82, 2.24) is 4.57 Å². The van der Waals surface area contributed by atoms with Gasteiger partial charge < -0.3 is 9.30 Å². The van der Waals surface area contributed by atoms with Gasteiger partial charge in [-0.2, -0.15) is 4.99 Å². The average molecular weight is 437 g/mol. The molecule has 3 rings (SSSR count). The maximum absolute atomic E-state index is 14.3. The van der Waals surface area contributed by atoms with Gasteiger partial charge in [-0.05, 0) is 43.3 Å². The van der Waals surface area contributed by atoms with Gasteiger partial charge in [0.05, 0.1) is 16.8 Å². The summed E-state index contributed by atoms with van der Waals surface area (Å²) in [6.07, 6.45) is 0. The molecular formula is C18H14BrFN2O3S. The molecular weight excluding hydrogens is 423 g/mol. The van der Waals surface area contributed by atoms with Crippen LogP contribution in [0.5, 0.6) is 0 Å². The van der Waals surface area contributed by atoms with Crippen LogP contribution in [0.15, 0.2) is 51.9 Å². The zero-order chi connectivity index (χ0) is 18.7. The van der Waals surface area contributed by atoms with Crippen LogP contribution in [0.1, 0.15) is 17.3 Å². The Bertz CT molecular complexity index is 1040. The molecule has 2 aromatic carbocycles. The number of carbonyl (C=O) groups excluding carboxylic acids is 2. The van der Waals surface area contributed by atoms with E-state index >= 15 is 0 Å². The summed E-state index contributed by atoms with van der Waals surface area (Å²) in [6, 6.07) is 11.3. The molecule has 0 unspecified atom stereocenters. The maximum Gasteiger partial charge on any atom is 0.326 e. The number of hydrogen-bond donors (Lipinski definition) is 0. The van der Waals surface area contributed by atoms with E-state index in [1.54, 1.807) is 43.3 Å². The Labute approximate surface area is 160 Å². The zero-order valence-electron chi connectivity index (χ0n) is 13.7. The molecule has 26 heavy (non-hydrogen) atoms. The lowest BCUT2D eigenvalue weighted by Crippen LogP contribution is -2.23. The molecule has 0 saturated carbocycles. The van der Waals surface area contributed by atoms with E-state index in [0.717, 1.165) is 15.8 Å². The van der Waals surface area contributed by atoms with Gasteiger partial charge in [0, 0.05) is 10.0 Å². The van der Waals surface area contributed by atoms with Crippen LogP contribution < -0.4 is 4.80 Å². The molecule has 0 saturated heterocycles. The molecule has 0 fully saturated rings. The molecule has 0 radical (unpaired) electrons. The number of thiazole rings is 1. The number of aromatic nitrogens is 1. The van der Waals surface area contributed by atoms with Crippen LogP contribution >= 0.6 is 27.3 Å². The van der Waals surface area contributed by atoms with Crippen molar-refractivity contribution < 1.29 is 18.7 Å². The summed E-state index contributed by atoms with van der Waals surface area (Å²) >= 11 is 4.45. The molecule has 0 N–H and O–H groups in total. The smallest absolute Gasteiger partial charge is 0.326 e. The maximum atomic E-state index is 14.3. The van der Waals surface area contributed by atoms with Gasteiger partial charge in [-0.3, -0.25) is 9.59 Å². The van der Waals surface area contributed by atoms with Gasteiger partial charge in [-0.1, -0.05) is 33.3 Å². The molecule has 134 valence electrons. The monoisotopic (exact) mass is 436 g/mol. The number of carbonyl (C=O) groups is 2. The van der Waals surface area contributed by atoms with E-state index in [0.29, 0.717) is 10.3 Å². The van der Waals surface area contributed by atoms with E-state index in [2.05, 4.69) is 20.9 Å². The summed E-state index contributed by atoms with van der Waals surface area (Å²) in [6.45, 7) is 1.69. The molecule has 0 aliphatic heterocycles. The number of hydrogen-bond acceptors (Lipinski definition) is 4. The number of amides is 1. The minimum Gasteiger partial charge on any atom is -0.465 e. The van der Waals surface area contributed by atoms with Gasteiger partial charge in [0.1, 0.15) is 12.4 Å². The number of nitrogens with zero attached hydrogens (tertiary/aromatic N) is 2. The Morgan fingerprint density at radius 3 is 2.65 bits per heavy atom. The average Bonchev–Trinajstić information content (AvgIpc) is 2.94. The largest absolute Gasteiger partial charge is 0.465 e. The minimum atomic E-state index is -0.520. The second kappa shape index (κ2) is 7.92. The molecule has 0 aliphatic rings. The summed E-state index contributed by atoms with van der Waals surface area (Å²) in [4.78, 5) is 28.7. The third-order valence-corrected chi connectivity index (χ3v) is 5.10. The molecule has 0 bridgehead atoms. The SMILES string of the molecule is CCOC(=O)Cn1c(=NC(=O)c2ccc(Br)cc2)sc2cccc(F)c21. The number of benzene rings is 2. The molecule has 0 atom stereocenters. The third kappa shape index (κ3) is 3.91. The van der Waals surface area contributed by atoms with Gasteiger partial charge in [-0.15, -0.1) is 0 Å². The number of fused-ring (bicyclic) bond motifs is 1. The first-order chi connectivity index (χ1) is 12.5. The van der Waals surface area contributed by atoms with E-state index in [-0.39, 0.29) is 23.5 Å². The summed E-state index contributed by atoms with van der Waals surface area (Å²) < 4.78 is 22.1. The lowest BCUT2D eigenvalue weighted by Gasteiger charge is -2.05. The Kier molecular flexibility index (Phi) is 5.63. The predicted molar refractivity (Wildman–Crippen MR) is 100 cm³/mol. The van der Waals surface area contributed by atoms with E-state index in [4.69, 9.17) is 4.74 Å². The summed E-state index contributed by atoms with van der Waals surface area (Å²) in [5.41, 5.74) is 0.627. The normalized spacial score (nSPS) is 11.7. The van der Waals surface area contributed by atoms with Gasteiger partial charge in [0.2, 0.25) is 0 Å². The lowest BCUT2D eigenvalue weighted by atomic mass is 10.2. The predicted octanol–water partition coefficient (Wildman–Crippen LogP) is 3.91. The van der Waals surface area contributed by atoms with Crippen LogP contribution in [-0.4, -0.2) is 23.1 Å². The van der Waals surface area contributed by atoms with E-state index in [9.17, 15) is 14.0 Å².